The Morgan fingerprint density at radius 3 is 2.38 bits per heavy atom. The fourth-order valence-corrected chi connectivity index (χ4v) is 2.31. The average Bonchev–Trinajstić information content (AvgIpc) is 3.16. The highest BCUT2D eigenvalue weighted by molar-refractivity contribution is 5.96. The topological polar surface area (TPSA) is 94.3 Å². The van der Waals surface area contributed by atoms with Crippen LogP contribution in [0.1, 0.15) is 27.9 Å². The largest absolute Gasteiger partial charge is 0.467 e. The van der Waals surface area contributed by atoms with Gasteiger partial charge in [0.2, 0.25) is 11.9 Å². The number of methoxy groups -OCH3 is 1. The molecule has 0 aliphatic heterocycles. The van der Waals surface area contributed by atoms with Crippen molar-refractivity contribution >= 4 is 11.9 Å². The maximum absolute atomic E-state index is 12.4. The molecule has 3 rings (SSSR count). The molecule has 0 spiro atoms. The molecule has 0 saturated carbocycles. The molecule has 0 unspecified atom stereocenters. The Morgan fingerprint density at radius 1 is 1.04 bits per heavy atom. The van der Waals surface area contributed by atoms with Crippen molar-refractivity contribution < 1.29 is 18.7 Å². The van der Waals surface area contributed by atoms with Gasteiger partial charge in [-0.05, 0) is 31.2 Å². The molecule has 1 N–H and O–H groups in total. The van der Waals surface area contributed by atoms with E-state index in [0.29, 0.717) is 11.1 Å². The Labute approximate surface area is 150 Å². The van der Waals surface area contributed by atoms with E-state index in [9.17, 15) is 9.59 Å². The molecule has 1 heterocycles. The van der Waals surface area contributed by atoms with Gasteiger partial charge in [0, 0.05) is 11.1 Å². The second-order valence-corrected chi connectivity index (χ2v) is 5.61. The highest BCUT2D eigenvalue weighted by Gasteiger charge is 2.30. The predicted octanol–water partition coefficient (Wildman–Crippen LogP) is 2.69. The molecule has 0 fully saturated rings. The molecule has 0 bridgehead atoms. The number of benzene rings is 2. The van der Waals surface area contributed by atoms with Gasteiger partial charge in [-0.15, -0.1) is 10.2 Å². The van der Waals surface area contributed by atoms with Crippen LogP contribution in [0, 0.1) is 6.92 Å². The maximum atomic E-state index is 12.4. The standard InChI is InChI=1S/C19H17N3O4/c1-12-8-10-14(11-9-12)17-21-22-18(26-17)15(19(24)25-2)20-16(23)13-6-4-3-5-7-13/h3-11,15H,1-2H3,(H,20,23)/t15-/m1/s1. The van der Waals surface area contributed by atoms with Crippen molar-refractivity contribution in [2.24, 2.45) is 0 Å². The second-order valence-electron chi connectivity index (χ2n) is 5.61. The Hall–Kier alpha value is -3.48. The van der Waals surface area contributed by atoms with Crippen molar-refractivity contribution in [1.82, 2.24) is 15.5 Å². The third kappa shape index (κ3) is 3.77. The molecule has 1 amide bonds. The zero-order chi connectivity index (χ0) is 18.5. The molecular formula is C19H17N3O4. The van der Waals surface area contributed by atoms with Gasteiger partial charge in [0.05, 0.1) is 7.11 Å². The molecular weight excluding hydrogens is 334 g/mol. The van der Waals surface area contributed by atoms with Crippen molar-refractivity contribution in [2.45, 2.75) is 13.0 Å². The van der Waals surface area contributed by atoms with E-state index < -0.39 is 17.9 Å². The lowest BCUT2D eigenvalue weighted by Gasteiger charge is -2.12. The van der Waals surface area contributed by atoms with Crippen molar-refractivity contribution in [2.75, 3.05) is 7.11 Å². The predicted molar refractivity (Wildman–Crippen MR) is 93.1 cm³/mol. The first-order valence-electron chi connectivity index (χ1n) is 7.92. The number of rotatable bonds is 5. The normalized spacial score (nSPS) is 11.6. The molecule has 3 aromatic rings. The summed E-state index contributed by atoms with van der Waals surface area (Å²) in [6.07, 6.45) is 0. The van der Waals surface area contributed by atoms with Gasteiger partial charge in [0.1, 0.15) is 0 Å². The van der Waals surface area contributed by atoms with Crippen LogP contribution in [0.3, 0.4) is 0 Å². The van der Waals surface area contributed by atoms with Crippen LogP contribution in [-0.2, 0) is 9.53 Å². The van der Waals surface area contributed by atoms with Gasteiger partial charge < -0.3 is 14.5 Å². The summed E-state index contributed by atoms with van der Waals surface area (Å²) in [6, 6.07) is 14.8. The highest BCUT2D eigenvalue weighted by atomic mass is 16.5. The number of carbonyl (C=O) groups excluding carboxylic acids is 2. The molecule has 1 atom stereocenters. The summed E-state index contributed by atoms with van der Waals surface area (Å²) in [5.41, 5.74) is 2.21. The smallest absolute Gasteiger partial charge is 0.338 e. The minimum atomic E-state index is -1.19. The number of nitrogens with one attached hydrogen (secondary N) is 1. The molecule has 1 aromatic heterocycles. The van der Waals surface area contributed by atoms with Gasteiger partial charge in [0.15, 0.2) is 0 Å². The first-order chi connectivity index (χ1) is 12.6. The highest BCUT2D eigenvalue weighted by Crippen LogP contribution is 2.22. The fraction of sp³-hybridized carbons (Fsp3) is 0.158. The minimum Gasteiger partial charge on any atom is -0.467 e. The Bertz CT molecular complexity index is 904. The number of aromatic nitrogens is 2. The van der Waals surface area contributed by atoms with Crippen LogP contribution >= 0.6 is 0 Å². The third-order valence-corrected chi connectivity index (χ3v) is 3.73. The van der Waals surface area contributed by atoms with Crippen LogP contribution in [-0.4, -0.2) is 29.2 Å². The zero-order valence-corrected chi connectivity index (χ0v) is 14.3. The molecule has 26 heavy (non-hydrogen) atoms. The van der Waals surface area contributed by atoms with Crippen LogP contribution in [0.15, 0.2) is 59.0 Å². The van der Waals surface area contributed by atoms with Crippen LogP contribution in [0.25, 0.3) is 11.5 Å². The lowest BCUT2D eigenvalue weighted by atomic mass is 10.1. The number of aryl methyl sites for hydroxylation is 1. The Morgan fingerprint density at radius 2 is 1.73 bits per heavy atom. The lowest BCUT2D eigenvalue weighted by Crippen LogP contribution is -2.34. The number of hydrogen-bond donors (Lipinski definition) is 1. The van der Waals surface area contributed by atoms with Crippen LogP contribution < -0.4 is 5.32 Å². The number of hydrogen-bond acceptors (Lipinski definition) is 6. The van der Waals surface area contributed by atoms with Gasteiger partial charge in [-0.25, -0.2) is 4.79 Å². The SMILES string of the molecule is COC(=O)[C@H](NC(=O)c1ccccc1)c1nnc(-c2ccc(C)cc2)o1. The molecule has 0 aliphatic rings. The van der Waals surface area contributed by atoms with E-state index in [1.165, 1.54) is 7.11 Å². The van der Waals surface area contributed by atoms with Crippen molar-refractivity contribution in [3.05, 3.63) is 71.6 Å². The molecule has 0 aliphatic carbocycles. The summed E-state index contributed by atoms with van der Waals surface area (Å²) in [5, 5.41) is 10.4. The van der Waals surface area contributed by atoms with Crippen LogP contribution in [0.2, 0.25) is 0 Å². The van der Waals surface area contributed by atoms with Gasteiger partial charge >= 0.3 is 5.97 Å². The van der Waals surface area contributed by atoms with E-state index >= 15 is 0 Å². The minimum absolute atomic E-state index is 0.0447. The van der Waals surface area contributed by atoms with Crippen molar-refractivity contribution in [1.29, 1.82) is 0 Å². The van der Waals surface area contributed by atoms with E-state index in [2.05, 4.69) is 15.5 Å². The Balaban J connectivity index is 1.85. The number of esters is 1. The zero-order valence-electron chi connectivity index (χ0n) is 14.3. The van der Waals surface area contributed by atoms with E-state index in [0.717, 1.165) is 5.56 Å². The van der Waals surface area contributed by atoms with Gasteiger partial charge in [-0.2, -0.15) is 0 Å². The molecule has 7 nitrogen and oxygen atoms in total. The van der Waals surface area contributed by atoms with E-state index in [-0.39, 0.29) is 11.8 Å². The summed E-state index contributed by atoms with van der Waals surface area (Å²) in [4.78, 5) is 24.5. The van der Waals surface area contributed by atoms with Gasteiger partial charge in [-0.3, -0.25) is 4.79 Å². The first kappa shape index (κ1) is 17.3. The van der Waals surface area contributed by atoms with Crippen molar-refractivity contribution in [3.8, 4) is 11.5 Å². The summed E-state index contributed by atoms with van der Waals surface area (Å²) in [6.45, 7) is 1.97. The summed E-state index contributed by atoms with van der Waals surface area (Å²) < 4.78 is 10.3. The average molecular weight is 351 g/mol. The van der Waals surface area contributed by atoms with Crippen LogP contribution in [0.4, 0.5) is 0 Å². The fourth-order valence-electron chi connectivity index (χ4n) is 2.31. The quantitative estimate of drug-likeness (QED) is 0.710. The lowest BCUT2D eigenvalue weighted by molar-refractivity contribution is -0.143. The Kier molecular flexibility index (Phi) is 5.07. The second kappa shape index (κ2) is 7.60. The molecule has 132 valence electrons. The first-order valence-corrected chi connectivity index (χ1v) is 7.92. The summed E-state index contributed by atoms with van der Waals surface area (Å²) in [5.74, 6) is -0.941. The number of ether oxygens (including phenoxy) is 1. The number of carbonyl (C=O) groups is 2. The molecule has 2 aromatic carbocycles. The van der Waals surface area contributed by atoms with E-state index in [4.69, 9.17) is 9.15 Å². The van der Waals surface area contributed by atoms with Gasteiger partial charge in [0.25, 0.3) is 11.8 Å². The van der Waals surface area contributed by atoms with Crippen LogP contribution in [0.5, 0.6) is 0 Å². The maximum Gasteiger partial charge on any atom is 0.338 e. The summed E-state index contributed by atoms with van der Waals surface area (Å²) >= 11 is 0. The number of nitrogens with zero attached hydrogens (tertiary/aromatic N) is 2. The van der Waals surface area contributed by atoms with Crippen molar-refractivity contribution in [3.63, 3.8) is 0 Å². The van der Waals surface area contributed by atoms with E-state index in [1.807, 2.05) is 31.2 Å². The monoisotopic (exact) mass is 351 g/mol. The van der Waals surface area contributed by atoms with E-state index in [1.54, 1.807) is 30.3 Å². The third-order valence-electron chi connectivity index (χ3n) is 3.73. The summed E-state index contributed by atoms with van der Waals surface area (Å²) in [7, 11) is 1.22. The molecule has 0 saturated heterocycles. The molecule has 7 heteroatoms. The van der Waals surface area contributed by atoms with Gasteiger partial charge in [-0.1, -0.05) is 35.9 Å². The molecule has 0 radical (unpaired) electrons. The number of amides is 1.